The molecule has 1 rings (SSSR count). The van der Waals surface area contributed by atoms with E-state index in [1.807, 2.05) is 12.3 Å². The van der Waals surface area contributed by atoms with Crippen molar-refractivity contribution in [3.63, 3.8) is 0 Å². The van der Waals surface area contributed by atoms with Crippen LogP contribution in [0.4, 0.5) is 0 Å². The molecule has 1 unspecified atom stereocenters. The molecule has 0 bridgehead atoms. The maximum Gasteiger partial charge on any atom is 0.0416 e. The summed E-state index contributed by atoms with van der Waals surface area (Å²) in [7, 11) is 2.20. The zero-order valence-corrected chi connectivity index (χ0v) is 13.1. The number of nitrogens with one attached hydrogen (secondary N) is 1. The van der Waals surface area contributed by atoms with E-state index in [2.05, 4.69) is 62.1 Å². The Bertz CT molecular complexity index is 348. The zero-order valence-electron chi connectivity index (χ0n) is 13.1. The van der Waals surface area contributed by atoms with Crippen molar-refractivity contribution in [1.82, 2.24) is 15.2 Å². The molecule has 0 fully saturated rings. The number of hydrogen-bond donors (Lipinski definition) is 1. The second-order valence-corrected chi connectivity index (χ2v) is 6.08. The van der Waals surface area contributed by atoms with E-state index in [-0.39, 0.29) is 5.41 Å². The lowest BCUT2D eigenvalue weighted by molar-refractivity contribution is 0.166. The first-order valence-electron chi connectivity index (χ1n) is 7.27. The summed E-state index contributed by atoms with van der Waals surface area (Å²) >= 11 is 0. The average Bonchev–Trinajstić information content (AvgIpc) is 2.37. The van der Waals surface area contributed by atoms with Crippen LogP contribution in [0.15, 0.2) is 24.4 Å². The molecule has 0 aromatic carbocycles. The van der Waals surface area contributed by atoms with Crippen LogP contribution in [-0.4, -0.2) is 42.6 Å². The van der Waals surface area contributed by atoms with Crippen LogP contribution >= 0.6 is 0 Å². The summed E-state index contributed by atoms with van der Waals surface area (Å²) in [6.07, 6.45) is 2.88. The van der Waals surface area contributed by atoms with Crippen LogP contribution < -0.4 is 5.32 Å². The van der Waals surface area contributed by atoms with Crippen molar-refractivity contribution in [2.75, 3.05) is 26.7 Å². The predicted molar refractivity (Wildman–Crippen MR) is 82.4 cm³/mol. The lowest BCUT2D eigenvalue weighted by Crippen LogP contribution is -2.46. The fourth-order valence-corrected chi connectivity index (χ4v) is 2.35. The fraction of sp³-hybridized carbons (Fsp3) is 0.688. The van der Waals surface area contributed by atoms with Crippen LogP contribution in [-0.2, 0) is 6.42 Å². The monoisotopic (exact) mass is 263 g/mol. The summed E-state index contributed by atoms with van der Waals surface area (Å²) in [6.45, 7) is 12.3. The lowest BCUT2D eigenvalue weighted by atomic mass is 9.84. The molecule has 0 aliphatic heterocycles. The summed E-state index contributed by atoms with van der Waals surface area (Å²) in [5.74, 6) is 0. The van der Waals surface area contributed by atoms with E-state index in [1.165, 1.54) is 5.69 Å². The minimum absolute atomic E-state index is 0.273. The summed E-state index contributed by atoms with van der Waals surface area (Å²) in [5.41, 5.74) is 1.45. The Balaban J connectivity index is 2.40. The van der Waals surface area contributed by atoms with E-state index < -0.39 is 0 Å². The highest BCUT2D eigenvalue weighted by Crippen LogP contribution is 2.21. The van der Waals surface area contributed by atoms with E-state index >= 15 is 0 Å². The van der Waals surface area contributed by atoms with Crippen molar-refractivity contribution in [3.05, 3.63) is 30.1 Å². The Morgan fingerprint density at radius 1 is 1.37 bits per heavy atom. The van der Waals surface area contributed by atoms with Gasteiger partial charge >= 0.3 is 0 Å². The van der Waals surface area contributed by atoms with Crippen LogP contribution in [0.1, 0.15) is 33.4 Å². The summed E-state index contributed by atoms with van der Waals surface area (Å²) in [6, 6.07) is 6.64. The zero-order chi connectivity index (χ0) is 14.3. The standard InChI is InChI=1S/C16H29N3/c1-6-17-14(2)16(3,4)13-19(5)12-10-15-9-7-8-11-18-15/h7-9,11,14,17H,6,10,12-13H2,1-5H3. The molecule has 0 aliphatic carbocycles. The number of hydrogen-bond acceptors (Lipinski definition) is 3. The summed E-state index contributed by atoms with van der Waals surface area (Å²) < 4.78 is 0. The molecule has 19 heavy (non-hydrogen) atoms. The van der Waals surface area contributed by atoms with Gasteiger partial charge in [0.25, 0.3) is 0 Å². The second-order valence-electron chi connectivity index (χ2n) is 6.08. The minimum atomic E-state index is 0.273. The van der Waals surface area contributed by atoms with Crippen molar-refractivity contribution >= 4 is 0 Å². The SMILES string of the molecule is CCNC(C)C(C)(C)CN(C)CCc1ccccn1. The van der Waals surface area contributed by atoms with Gasteiger partial charge in [0, 0.05) is 37.4 Å². The van der Waals surface area contributed by atoms with Crippen LogP contribution in [0.25, 0.3) is 0 Å². The highest BCUT2D eigenvalue weighted by atomic mass is 15.1. The van der Waals surface area contributed by atoms with Crippen molar-refractivity contribution in [1.29, 1.82) is 0 Å². The van der Waals surface area contributed by atoms with Gasteiger partial charge in [0.05, 0.1) is 0 Å². The maximum absolute atomic E-state index is 4.37. The first-order valence-corrected chi connectivity index (χ1v) is 7.27. The summed E-state index contributed by atoms with van der Waals surface area (Å²) in [5, 5.41) is 3.53. The Hall–Kier alpha value is -0.930. The van der Waals surface area contributed by atoms with Crippen LogP contribution in [0.2, 0.25) is 0 Å². The molecule has 3 heteroatoms. The largest absolute Gasteiger partial charge is 0.314 e. The molecule has 0 aliphatic rings. The number of aromatic nitrogens is 1. The van der Waals surface area contributed by atoms with Gasteiger partial charge in [0.2, 0.25) is 0 Å². The Labute approximate surface area is 118 Å². The van der Waals surface area contributed by atoms with Gasteiger partial charge in [-0.15, -0.1) is 0 Å². The maximum atomic E-state index is 4.37. The quantitative estimate of drug-likeness (QED) is 0.781. The van der Waals surface area contributed by atoms with E-state index in [1.54, 1.807) is 0 Å². The average molecular weight is 263 g/mol. The molecule has 0 radical (unpaired) electrons. The van der Waals surface area contributed by atoms with Gasteiger partial charge in [-0.05, 0) is 38.1 Å². The first kappa shape index (κ1) is 16.1. The molecule has 0 saturated heterocycles. The van der Waals surface area contributed by atoms with E-state index in [9.17, 15) is 0 Å². The third-order valence-corrected chi connectivity index (χ3v) is 3.84. The number of nitrogens with zero attached hydrogens (tertiary/aromatic N) is 2. The second kappa shape index (κ2) is 7.61. The van der Waals surface area contributed by atoms with Crippen LogP contribution in [0.3, 0.4) is 0 Å². The van der Waals surface area contributed by atoms with Gasteiger partial charge in [0.1, 0.15) is 0 Å². The molecule has 1 heterocycles. The van der Waals surface area contributed by atoms with Gasteiger partial charge in [-0.1, -0.05) is 26.8 Å². The Kier molecular flexibility index (Phi) is 6.46. The van der Waals surface area contributed by atoms with E-state index in [0.717, 1.165) is 26.1 Å². The molecule has 0 amide bonds. The number of likely N-dealkylation sites (N-methyl/N-ethyl adjacent to an activating group) is 1. The third kappa shape index (κ3) is 5.70. The first-order chi connectivity index (χ1) is 8.95. The van der Waals surface area contributed by atoms with Gasteiger partial charge < -0.3 is 10.2 Å². The van der Waals surface area contributed by atoms with Crippen molar-refractivity contribution in [2.24, 2.45) is 5.41 Å². The molecule has 1 aromatic rings. The number of pyridine rings is 1. The van der Waals surface area contributed by atoms with Gasteiger partial charge in [-0.25, -0.2) is 0 Å². The normalized spacial score (nSPS) is 13.8. The topological polar surface area (TPSA) is 28.2 Å². The number of rotatable bonds is 8. The molecular formula is C16H29N3. The highest BCUT2D eigenvalue weighted by Gasteiger charge is 2.26. The third-order valence-electron chi connectivity index (χ3n) is 3.84. The van der Waals surface area contributed by atoms with Gasteiger partial charge in [-0.2, -0.15) is 0 Å². The Morgan fingerprint density at radius 3 is 2.68 bits per heavy atom. The lowest BCUT2D eigenvalue weighted by Gasteiger charge is -2.36. The Morgan fingerprint density at radius 2 is 2.11 bits per heavy atom. The smallest absolute Gasteiger partial charge is 0.0416 e. The molecule has 1 N–H and O–H groups in total. The molecule has 0 spiro atoms. The van der Waals surface area contributed by atoms with Gasteiger partial charge in [0.15, 0.2) is 0 Å². The minimum Gasteiger partial charge on any atom is -0.314 e. The molecule has 0 saturated carbocycles. The van der Waals surface area contributed by atoms with Crippen molar-refractivity contribution < 1.29 is 0 Å². The fourth-order valence-electron chi connectivity index (χ4n) is 2.35. The summed E-state index contributed by atoms with van der Waals surface area (Å²) in [4.78, 5) is 6.78. The van der Waals surface area contributed by atoms with Crippen molar-refractivity contribution in [3.8, 4) is 0 Å². The van der Waals surface area contributed by atoms with E-state index in [0.29, 0.717) is 6.04 Å². The molecular weight excluding hydrogens is 234 g/mol. The highest BCUT2D eigenvalue weighted by molar-refractivity contribution is 5.03. The molecule has 108 valence electrons. The molecule has 1 atom stereocenters. The van der Waals surface area contributed by atoms with Crippen molar-refractivity contribution in [2.45, 2.75) is 40.2 Å². The molecule has 1 aromatic heterocycles. The predicted octanol–water partition coefficient (Wildman–Crippen LogP) is 2.58. The van der Waals surface area contributed by atoms with Crippen LogP contribution in [0, 0.1) is 5.41 Å². The van der Waals surface area contributed by atoms with Gasteiger partial charge in [-0.3, -0.25) is 4.98 Å². The van der Waals surface area contributed by atoms with E-state index in [4.69, 9.17) is 0 Å². The van der Waals surface area contributed by atoms with Crippen LogP contribution in [0.5, 0.6) is 0 Å². The molecule has 3 nitrogen and oxygen atoms in total.